The molecule has 2 rings (SSSR count). The van der Waals surface area contributed by atoms with E-state index in [0.29, 0.717) is 5.02 Å². The molecule has 0 amide bonds. The smallest absolute Gasteiger partial charge is 0.125 e. The molecule has 0 aliphatic carbocycles. The largest absolute Gasteiger partial charge is 0.392 e. The summed E-state index contributed by atoms with van der Waals surface area (Å²) in [4.78, 5) is 4.23. The standard InChI is InChI=1S/C10H7BrClNOS/c11-9-4-13-10(15-9)7-2-1-6(5-14)3-8(7)12/h1-4,14H,5H2. The third-order valence-electron chi connectivity index (χ3n) is 1.92. The minimum atomic E-state index is 0.00155. The summed E-state index contributed by atoms with van der Waals surface area (Å²) in [5.41, 5.74) is 1.70. The molecule has 2 nitrogen and oxygen atoms in total. The van der Waals surface area contributed by atoms with Crippen LogP contribution in [0.2, 0.25) is 5.02 Å². The lowest BCUT2D eigenvalue weighted by Gasteiger charge is -2.02. The molecular formula is C10H7BrClNOS. The van der Waals surface area contributed by atoms with E-state index in [9.17, 15) is 0 Å². The van der Waals surface area contributed by atoms with Crippen LogP contribution in [-0.2, 0) is 6.61 Å². The Morgan fingerprint density at radius 1 is 1.47 bits per heavy atom. The summed E-state index contributed by atoms with van der Waals surface area (Å²) in [5, 5.41) is 10.4. The fourth-order valence-electron chi connectivity index (χ4n) is 1.21. The Morgan fingerprint density at radius 2 is 2.27 bits per heavy atom. The van der Waals surface area contributed by atoms with Gasteiger partial charge < -0.3 is 5.11 Å². The molecule has 2 aromatic rings. The third-order valence-corrected chi connectivity index (χ3v) is 3.75. The number of hydrogen-bond acceptors (Lipinski definition) is 3. The van der Waals surface area contributed by atoms with Gasteiger partial charge in [-0.15, -0.1) is 11.3 Å². The lowest BCUT2D eigenvalue weighted by molar-refractivity contribution is 0.282. The molecule has 15 heavy (non-hydrogen) atoms. The van der Waals surface area contributed by atoms with Crippen molar-refractivity contribution in [3.8, 4) is 10.6 Å². The zero-order valence-electron chi connectivity index (χ0n) is 7.58. The maximum absolute atomic E-state index is 8.95. The van der Waals surface area contributed by atoms with Gasteiger partial charge >= 0.3 is 0 Å². The summed E-state index contributed by atoms with van der Waals surface area (Å²) < 4.78 is 0.972. The van der Waals surface area contributed by atoms with Crippen molar-refractivity contribution in [2.75, 3.05) is 0 Å². The Morgan fingerprint density at radius 3 is 2.80 bits per heavy atom. The molecule has 1 N–H and O–H groups in total. The number of aliphatic hydroxyl groups excluding tert-OH is 1. The van der Waals surface area contributed by atoms with Crippen molar-refractivity contribution in [3.63, 3.8) is 0 Å². The molecule has 0 aliphatic rings. The maximum Gasteiger partial charge on any atom is 0.125 e. The van der Waals surface area contributed by atoms with Crippen LogP contribution < -0.4 is 0 Å². The van der Waals surface area contributed by atoms with Gasteiger partial charge in [-0.1, -0.05) is 23.7 Å². The Balaban J connectivity index is 2.45. The quantitative estimate of drug-likeness (QED) is 0.917. The number of nitrogens with zero attached hydrogens (tertiary/aromatic N) is 1. The average Bonchev–Trinajstić information content (AvgIpc) is 2.64. The van der Waals surface area contributed by atoms with E-state index in [1.54, 1.807) is 12.3 Å². The van der Waals surface area contributed by atoms with Crippen LogP contribution in [0.25, 0.3) is 10.6 Å². The summed E-state index contributed by atoms with van der Waals surface area (Å²) >= 11 is 11.0. The predicted molar refractivity (Wildman–Crippen MR) is 66.2 cm³/mol. The van der Waals surface area contributed by atoms with Crippen LogP contribution in [0.5, 0.6) is 0 Å². The summed E-state index contributed by atoms with van der Waals surface area (Å²) in [5.74, 6) is 0. The van der Waals surface area contributed by atoms with Crippen molar-refractivity contribution in [2.45, 2.75) is 6.61 Å². The predicted octanol–water partition coefficient (Wildman–Crippen LogP) is 3.72. The van der Waals surface area contributed by atoms with Crippen LogP contribution in [0.4, 0.5) is 0 Å². The fraction of sp³-hybridized carbons (Fsp3) is 0.100. The third kappa shape index (κ3) is 2.39. The molecule has 0 radical (unpaired) electrons. The van der Waals surface area contributed by atoms with E-state index >= 15 is 0 Å². The average molecular weight is 305 g/mol. The number of aromatic nitrogens is 1. The van der Waals surface area contributed by atoms with Gasteiger partial charge in [0.05, 0.1) is 21.6 Å². The summed E-state index contributed by atoms with van der Waals surface area (Å²) in [7, 11) is 0. The van der Waals surface area contributed by atoms with Crippen molar-refractivity contribution in [1.82, 2.24) is 4.98 Å². The Labute approximate surface area is 105 Å². The monoisotopic (exact) mass is 303 g/mol. The van der Waals surface area contributed by atoms with Gasteiger partial charge in [0.15, 0.2) is 0 Å². The Kier molecular flexibility index (Phi) is 3.41. The van der Waals surface area contributed by atoms with Crippen molar-refractivity contribution < 1.29 is 5.11 Å². The lowest BCUT2D eigenvalue weighted by atomic mass is 10.1. The van der Waals surface area contributed by atoms with Gasteiger partial charge in [-0.25, -0.2) is 4.98 Å². The van der Waals surface area contributed by atoms with E-state index in [2.05, 4.69) is 20.9 Å². The molecule has 1 heterocycles. The fourth-order valence-corrected chi connectivity index (χ4v) is 2.80. The normalized spacial score (nSPS) is 10.6. The highest BCUT2D eigenvalue weighted by Crippen LogP contribution is 2.33. The van der Waals surface area contributed by atoms with Crippen LogP contribution in [0.3, 0.4) is 0 Å². The first-order valence-electron chi connectivity index (χ1n) is 4.21. The Hall–Kier alpha value is -0.420. The van der Waals surface area contributed by atoms with Crippen molar-refractivity contribution in [2.24, 2.45) is 0 Å². The second-order valence-electron chi connectivity index (χ2n) is 2.94. The van der Waals surface area contributed by atoms with E-state index in [4.69, 9.17) is 16.7 Å². The molecule has 0 aliphatic heterocycles. The Bertz CT molecular complexity index is 486. The molecule has 78 valence electrons. The second kappa shape index (κ2) is 4.61. The van der Waals surface area contributed by atoms with Gasteiger partial charge in [0.1, 0.15) is 5.01 Å². The van der Waals surface area contributed by atoms with Gasteiger partial charge in [-0.05, 0) is 27.6 Å². The molecule has 0 saturated carbocycles. The van der Waals surface area contributed by atoms with Crippen molar-refractivity contribution >= 4 is 38.9 Å². The maximum atomic E-state index is 8.95. The van der Waals surface area contributed by atoms with E-state index < -0.39 is 0 Å². The van der Waals surface area contributed by atoms with Crippen LogP contribution in [0.1, 0.15) is 5.56 Å². The van der Waals surface area contributed by atoms with Crippen LogP contribution in [-0.4, -0.2) is 10.1 Å². The molecule has 0 bridgehead atoms. The molecule has 0 saturated heterocycles. The summed E-state index contributed by atoms with van der Waals surface area (Å²) in [6.45, 7) is 0.00155. The first-order chi connectivity index (χ1) is 7.20. The molecule has 0 atom stereocenters. The minimum Gasteiger partial charge on any atom is -0.392 e. The first kappa shape index (κ1) is 11.1. The van der Waals surface area contributed by atoms with E-state index in [0.717, 1.165) is 19.9 Å². The number of halogens is 2. The van der Waals surface area contributed by atoms with E-state index in [1.807, 2.05) is 12.1 Å². The van der Waals surface area contributed by atoms with Crippen LogP contribution >= 0.6 is 38.9 Å². The molecule has 1 aromatic heterocycles. The molecule has 1 aromatic carbocycles. The zero-order chi connectivity index (χ0) is 10.8. The van der Waals surface area contributed by atoms with Crippen LogP contribution in [0, 0.1) is 0 Å². The van der Waals surface area contributed by atoms with Crippen LogP contribution in [0.15, 0.2) is 28.2 Å². The van der Waals surface area contributed by atoms with Gasteiger partial charge in [0.25, 0.3) is 0 Å². The lowest BCUT2D eigenvalue weighted by Crippen LogP contribution is -1.84. The molecular weight excluding hydrogens is 298 g/mol. The van der Waals surface area contributed by atoms with Gasteiger partial charge in [0.2, 0.25) is 0 Å². The van der Waals surface area contributed by atoms with Crippen molar-refractivity contribution in [3.05, 3.63) is 38.8 Å². The molecule has 0 fully saturated rings. The number of rotatable bonds is 2. The highest BCUT2D eigenvalue weighted by Gasteiger charge is 2.08. The first-order valence-corrected chi connectivity index (χ1v) is 6.20. The second-order valence-corrected chi connectivity index (χ2v) is 5.76. The van der Waals surface area contributed by atoms with Gasteiger partial charge in [0, 0.05) is 5.56 Å². The number of hydrogen-bond donors (Lipinski definition) is 1. The van der Waals surface area contributed by atoms with E-state index in [-0.39, 0.29) is 6.61 Å². The summed E-state index contributed by atoms with van der Waals surface area (Å²) in [6.07, 6.45) is 1.75. The molecule has 5 heteroatoms. The zero-order valence-corrected chi connectivity index (χ0v) is 10.7. The van der Waals surface area contributed by atoms with Gasteiger partial charge in [-0.2, -0.15) is 0 Å². The SMILES string of the molecule is OCc1ccc(-c2ncc(Br)s2)c(Cl)c1. The minimum absolute atomic E-state index is 0.00155. The number of aliphatic hydroxyl groups is 1. The molecule has 0 spiro atoms. The number of benzene rings is 1. The highest BCUT2D eigenvalue weighted by atomic mass is 79.9. The number of thiazole rings is 1. The summed E-state index contributed by atoms with van der Waals surface area (Å²) in [6, 6.07) is 5.47. The van der Waals surface area contributed by atoms with Crippen molar-refractivity contribution in [1.29, 1.82) is 0 Å². The van der Waals surface area contributed by atoms with Gasteiger partial charge in [-0.3, -0.25) is 0 Å². The molecule has 0 unspecified atom stereocenters. The van der Waals surface area contributed by atoms with E-state index in [1.165, 1.54) is 11.3 Å². The topological polar surface area (TPSA) is 33.1 Å². The highest BCUT2D eigenvalue weighted by molar-refractivity contribution is 9.11.